The van der Waals surface area contributed by atoms with Gasteiger partial charge in [0.25, 0.3) is 5.36 Å². The van der Waals surface area contributed by atoms with E-state index in [1.807, 2.05) is 12.3 Å². The van der Waals surface area contributed by atoms with Crippen molar-refractivity contribution in [2.45, 2.75) is 0 Å². The van der Waals surface area contributed by atoms with Gasteiger partial charge in [-0.25, -0.2) is 0 Å². The van der Waals surface area contributed by atoms with E-state index in [1.54, 1.807) is 0 Å². The fraction of sp³-hybridized carbons (Fsp3) is 0. The maximum absolute atomic E-state index is 5.33. The number of aromatic nitrogens is 3. The number of benzene rings is 4. The number of fused-ring (bicyclic) bond motifs is 7. The van der Waals surface area contributed by atoms with E-state index in [0.29, 0.717) is 0 Å². The highest BCUT2D eigenvalue weighted by Crippen LogP contribution is 2.26. The highest BCUT2D eigenvalue weighted by Gasteiger charge is 2.27. The van der Waals surface area contributed by atoms with Gasteiger partial charge in [-0.05, 0) is 60.7 Å². The van der Waals surface area contributed by atoms with E-state index in [-0.39, 0.29) is 0 Å². The smallest absolute Gasteiger partial charge is 0.304 e. The summed E-state index contributed by atoms with van der Waals surface area (Å²) in [6.45, 7) is 0. The Bertz CT molecular complexity index is 2190. The predicted octanol–water partition coefficient (Wildman–Crippen LogP) is 4.73. The average molecular weight is 448 g/mol. The number of nitrogens with zero attached hydrogens (tertiary/aromatic N) is 4. The molecule has 4 aromatic carbocycles. The van der Waals surface area contributed by atoms with Crippen LogP contribution < -0.4 is 15.5 Å². The van der Waals surface area contributed by atoms with Gasteiger partial charge in [0.15, 0.2) is 0 Å². The van der Waals surface area contributed by atoms with Crippen molar-refractivity contribution in [3.8, 4) is 11.4 Å². The molecule has 0 aliphatic carbocycles. The SMILES string of the molecule is c1ccc(-n2c3c(c4ccccc42)=[N+]=c2c=3c3ccccc3n2-c2cccc3ncccc23)cc1. The van der Waals surface area contributed by atoms with E-state index in [9.17, 15) is 0 Å². The maximum atomic E-state index is 5.33. The third-order valence-corrected chi connectivity index (χ3v) is 7.03. The average Bonchev–Trinajstić information content (AvgIpc) is 3.55. The standard InChI is InChI=1S/C31H19N4/c1-2-10-20(11-3-1)34-27-17-7-5-13-23(27)29-30(34)28-22-12-4-6-16-26(22)35(31(28)33-29)25-18-8-15-24-21(25)14-9-19-32-24/h1-19H/q+1. The van der Waals surface area contributed by atoms with E-state index in [1.165, 1.54) is 16.1 Å². The second-order valence-corrected chi connectivity index (χ2v) is 8.90. The summed E-state index contributed by atoms with van der Waals surface area (Å²) in [5.74, 6) is 0. The van der Waals surface area contributed by atoms with Gasteiger partial charge in [0.2, 0.25) is 0 Å². The van der Waals surface area contributed by atoms with E-state index >= 15 is 0 Å². The minimum absolute atomic E-state index is 0.975. The summed E-state index contributed by atoms with van der Waals surface area (Å²) in [7, 11) is 0. The van der Waals surface area contributed by atoms with Crippen LogP contribution in [0.1, 0.15) is 0 Å². The van der Waals surface area contributed by atoms with Gasteiger partial charge in [-0.3, -0.25) is 4.98 Å². The third-order valence-electron chi connectivity index (χ3n) is 7.03. The molecular weight excluding hydrogens is 428 g/mol. The largest absolute Gasteiger partial charge is 0.391 e. The lowest BCUT2D eigenvalue weighted by Crippen LogP contribution is -2.20. The number of para-hydroxylation sites is 3. The molecule has 7 aromatic rings. The molecule has 0 bridgehead atoms. The van der Waals surface area contributed by atoms with E-state index < -0.39 is 0 Å². The normalized spacial score (nSPS) is 12.0. The van der Waals surface area contributed by atoms with E-state index in [4.69, 9.17) is 4.67 Å². The van der Waals surface area contributed by atoms with Crippen LogP contribution in [0.25, 0.3) is 44.1 Å². The zero-order chi connectivity index (χ0) is 22.9. The molecule has 0 N–H and O–H groups in total. The minimum atomic E-state index is 0.975. The summed E-state index contributed by atoms with van der Waals surface area (Å²) in [5.41, 5.74) is 6.50. The Kier molecular flexibility index (Phi) is 3.59. The zero-order valence-electron chi connectivity index (χ0n) is 18.8. The van der Waals surface area contributed by atoms with Crippen LogP contribution in [0.5, 0.6) is 0 Å². The molecule has 0 unspecified atom stereocenters. The zero-order valence-corrected chi connectivity index (χ0v) is 18.8. The van der Waals surface area contributed by atoms with Crippen LogP contribution in [0.3, 0.4) is 0 Å². The number of hydrogen-bond acceptors (Lipinski definition) is 1. The van der Waals surface area contributed by atoms with Crippen LogP contribution in [0.2, 0.25) is 0 Å². The molecule has 0 saturated heterocycles. The van der Waals surface area contributed by atoms with Crippen molar-refractivity contribution >= 4 is 32.7 Å². The molecule has 0 amide bonds. The molecule has 35 heavy (non-hydrogen) atoms. The van der Waals surface area contributed by atoms with Crippen LogP contribution in [0, 0.1) is 10.6 Å². The fourth-order valence-electron chi connectivity index (χ4n) is 5.61. The molecule has 0 spiro atoms. The van der Waals surface area contributed by atoms with Gasteiger partial charge in [0.05, 0.1) is 16.4 Å². The lowest BCUT2D eigenvalue weighted by Gasteiger charge is -2.04. The van der Waals surface area contributed by atoms with Gasteiger partial charge in [-0.2, -0.15) is 9.24 Å². The summed E-state index contributed by atoms with van der Waals surface area (Å²) < 4.78 is 10.00. The molecule has 1 aliphatic heterocycles. The quantitative estimate of drug-likeness (QED) is 0.353. The lowest BCUT2D eigenvalue weighted by atomic mass is 10.1. The summed E-state index contributed by atoms with van der Waals surface area (Å²) in [6.07, 6.45) is 1.85. The monoisotopic (exact) mass is 447 g/mol. The molecule has 0 radical (unpaired) electrons. The fourth-order valence-corrected chi connectivity index (χ4v) is 5.61. The number of pyridine rings is 1. The van der Waals surface area contributed by atoms with Crippen molar-refractivity contribution in [2.24, 2.45) is 0 Å². The molecule has 1 aliphatic rings. The van der Waals surface area contributed by atoms with Gasteiger partial charge in [0, 0.05) is 22.7 Å². The van der Waals surface area contributed by atoms with Crippen molar-refractivity contribution in [3.05, 3.63) is 137 Å². The molecule has 4 nitrogen and oxygen atoms in total. The molecule has 0 saturated carbocycles. The first-order chi connectivity index (χ1) is 17.4. The molecule has 4 heterocycles. The summed E-state index contributed by atoms with van der Waals surface area (Å²) >= 11 is 0. The van der Waals surface area contributed by atoms with Crippen molar-refractivity contribution in [2.75, 3.05) is 0 Å². The highest BCUT2D eigenvalue weighted by atomic mass is 15.1. The van der Waals surface area contributed by atoms with Crippen LogP contribution in [0.4, 0.5) is 0 Å². The van der Waals surface area contributed by atoms with Crippen molar-refractivity contribution in [1.82, 2.24) is 18.8 Å². The molecule has 0 atom stereocenters. The molecule has 162 valence electrons. The third kappa shape index (κ3) is 2.41. The summed E-state index contributed by atoms with van der Waals surface area (Å²) in [5, 5.41) is 6.84. The Morgan fingerprint density at radius 2 is 1.29 bits per heavy atom. The van der Waals surface area contributed by atoms with Gasteiger partial charge < -0.3 is 4.57 Å². The first kappa shape index (κ1) is 18.5. The topological polar surface area (TPSA) is 36.9 Å². The van der Waals surface area contributed by atoms with Crippen LogP contribution in [-0.2, 0) is 0 Å². The summed E-state index contributed by atoms with van der Waals surface area (Å²) in [4.78, 5) is 4.60. The Labute approximate surface area is 199 Å². The van der Waals surface area contributed by atoms with Crippen LogP contribution in [0.15, 0.2) is 115 Å². The van der Waals surface area contributed by atoms with Gasteiger partial charge in [0.1, 0.15) is 21.8 Å². The van der Waals surface area contributed by atoms with Gasteiger partial charge in [-0.1, -0.05) is 48.5 Å². The molecule has 4 heteroatoms. The van der Waals surface area contributed by atoms with E-state index in [0.717, 1.165) is 49.4 Å². The van der Waals surface area contributed by atoms with E-state index in [2.05, 4.69) is 117 Å². The lowest BCUT2D eigenvalue weighted by molar-refractivity contribution is 1.01. The highest BCUT2D eigenvalue weighted by molar-refractivity contribution is 5.92. The molecule has 3 aromatic heterocycles. The minimum Gasteiger partial charge on any atom is -0.304 e. The van der Waals surface area contributed by atoms with Crippen LogP contribution >= 0.6 is 0 Å². The second kappa shape index (κ2) is 6.80. The first-order valence-electron chi connectivity index (χ1n) is 11.8. The van der Waals surface area contributed by atoms with Gasteiger partial charge >= 0.3 is 5.49 Å². The van der Waals surface area contributed by atoms with Crippen molar-refractivity contribution < 1.29 is 0 Å². The maximum Gasteiger partial charge on any atom is 0.391 e. The number of hydrogen-bond donors (Lipinski definition) is 0. The first-order valence-corrected chi connectivity index (χ1v) is 11.8. The second-order valence-electron chi connectivity index (χ2n) is 8.90. The van der Waals surface area contributed by atoms with Gasteiger partial charge in [-0.15, -0.1) is 0 Å². The molecular formula is C31H19N4+. The Morgan fingerprint density at radius 3 is 2.14 bits per heavy atom. The Balaban J connectivity index is 1.68. The van der Waals surface area contributed by atoms with Crippen LogP contribution in [-0.4, -0.2) is 14.1 Å². The number of rotatable bonds is 2. The van der Waals surface area contributed by atoms with Crippen molar-refractivity contribution in [3.63, 3.8) is 0 Å². The Hall–Kier alpha value is -4.92. The molecule has 0 fully saturated rings. The predicted molar refractivity (Wildman–Crippen MR) is 139 cm³/mol. The summed E-state index contributed by atoms with van der Waals surface area (Å²) in [6, 6.07) is 38.2. The van der Waals surface area contributed by atoms with Crippen molar-refractivity contribution in [1.29, 1.82) is 0 Å². The Morgan fingerprint density at radius 1 is 0.571 bits per heavy atom. The molecule has 8 rings (SSSR count).